The standard InChI is InChI=1S/C20H28N2O/c1-23-20-6-3-16(4-7-20)14-21-8-10-22(11-9-21)15-19-13-17-2-5-18(19)12-17/h2-7,17-19H,8-15H2,1H3/t17-,18-,19+/m0/s1. The molecule has 1 saturated carbocycles. The predicted octanol–water partition coefficient (Wildman–Crippen LogP) is 3.03. The average Bonchev–Trinajstić information content (AvgIpc) is 3.20. The minimum absolute atomic E-state index is 0.886. The molecule has 3 heteroatoms. The van der Waals surface area contributed by atoms with Gasteiger partial charge in [-0.15, -0.1) is 0 Å². The third-order valence-electron chi connectivity index (χ3n) is 5.94. The largest absolute Gasteiger partial charge is 0.497 e. The molecule has 3 nitrogen and oxygen atoms in total. The van der Waals surface area contributed by atoms with Crippen molar-refractivity contribution in [1.29, 1.82) is 0 Å². The van der Waals surface area contributed by atoms with Crippen LogP contribution in [0.3, 0.4) is 0 Å². The summed E-state index contributed by atoms with van der Waals surface area (Å²) in [5, 5.41) is 0. The Labute approximate surface area is 139 Å². The SMILES string of the molecule is COc1ccc(CN2CCN(C[C@H]3C[C@H]4C=C[C@H]3C4)CC2)cc1. The molecule has 2 bridgehead atoms. The van der Waals surface area contributed by atoms with E-state index in [9.17, 15) is 0 Å². The van der Waals surface area contributed by atoms with Crippen molar-refractivity contribution in [3.8, 4) is 5.75 Å². The number of allylic oxidation sites excluding steroid dienone is 2. The summed E-state index contributed by atoms with van der Waals surface area (Å²) < 4.78 is 5.23. The van der Waals surface area contributed by atoms with Gasteiger partial charge < -0.3 is 9.64 Å². The molecule has 0 radical (unpaired) electrons. The Bertz CT molecular complexity index is 545. The van der Waals surface area contributed by atoms with Gasteiger partial charge in [0.2, 0.25) is 0 Å². The lowest BCUT2D eigenvalue weighted by atomic mass is 9.93. The molecule has 1 heterocycles. The number of benzene rings is 1. The maximum atomic E-state index is 5.23. The van der Waals surface area contributed by atoms with Gasteiger partial charge in [0.1, 0.15) is 5.75 Å². The molecule has 2 aliphatic carbocycles. The van der Waals surface area contributed by atoms with Crippen LogP contribution in [0.15, 0.2) is 36.4 Å². The van der Waals surface area contributed by atoms with Crippen LogP contribution >= 0.6 is 0 Å². The lowest BCUT2D eigenvalue weighted by molar-refractivity contribution is 0.108. The fourth-order valence-corrected chi connectivity index (χ4v) is 4.56. The Balaban J connectivity index is 1.23. The molecule has 0 amide bonds. The van der Waals surface area contributed by atoms with Gasteiger partial charge in [0, 0.05) is 39.3 Å². The highest BCUT2D eigenvalue weighted by atomic mass is 16.5. The summed E-state index contributed by atoms with van der Waals surface area (Å²) in [7, 11) is 1.72. The Morgan fingerprint density at radius 3 is 2.30 bits per heavy atom. The molecule has 0 unspecified atom stereocenters. The number of hydrogen-bond acceptors (Lipinski definition) is 3. The summed E-state index contributed by atoms with van der Waals surface area (Å²) in [6, 6.07) is 8.50. The van der Waals surface area contributed by atoms with E-state index in [0.29, 0.717) is 0 Å². The van der Waals surface area contributed by atoms with E-state index in [0.717, 1.165) is 30.0 Å². The number of rotatable bonds is 5. The maximum Gasteiger partial charge on any atom is 0.118 e. The van der Waals surface area contributed by atoms with Gasteiger partial charge in [-0.3, -0.25) is 4.90 Å². The first kappa shape index (κ1) is 15.2. The van der Waals surface area contributed by atoms with Crippen molar-refractivity contribution in [2.75, 3.05) is 39.8 Å². The molecule has 1 aliphatic heterocycles. The zero-order valence-corrected chi connectivity index (χ0v) is 14.2. The van der Waals surface area contributed by atoms with Crippen LogP contribution < -0.4 is 4.74 Å². The molecule has 0 spiro atoms. The molecule has 3 atom stereocenters. The van der Waals surface area contributed by atoms with Gasteiger partial charge in [0.05, 0.1) is 7.11 Å². The molecule has 23 heavy (non-hydrogen) atoms. The molecule has 1 saturated heterocycles. The summed E-state index contributed by atoms with van der Waals surface area (Å²) in [6.07, 6.45) is 7.81. The van der Waals surface area contributed by atoms with Gasteiger partial charge in [-0.2, -0.15) is 0 Å². The highest BCUT2D eigenvalue weighted by molar-refractivity contribution is 5.27. The van der Waals surface area contributed by atoms with Crippen LogP contribution in [0.5, 0.6) is 5.75 Å². The predicted molar refractivity (Wildman–Crippen MR) is 93.6 cm³/mol. The molecule has 4 rings (SSSR count). The molecule has 2 fully saturated rings. The number of fused-ring (bicyclic) bond motifs is 2. The molecule has 0 aromatic heterocycles. The van der Waals surface area contributed by atoms with Crippen LogP contribution in [-0.2, 0) is 6.54 Å². The monoisotopic (exact) mass is 312 g/mol. The first-order chi connectivity index (χ1) is 11.3. The van der Waals surface area contributed by atoms with Gasteiger partial charge in [-0.1, -0.05) is 24.3 Å². The number of methoxy groups -OCH3 is 1. The fourth-order valence-electron chi connectivity index (χ4n) is 4.56. The van der Waals surface area contributed by atoms with Crippen LogP contribution in [0.4, 0.5) is 0 Å². The van der Waals surface area contributed by atoms with Crippen molar-refractivity contribution in [3.05, 3.63) is 42.0 Å². The Morgan fingerprint density at radius 1 is 0.957 bits per heavy atom. The van der Waals surface area contributed by atoms with Crippen molar-refractivity contribution in [3.63, 3.8) is 0 Å². The normalized spacial score (nSPS) is 30.9. The molecular formula is C20H28N2O. The minimum Gasteiger partial charge on any atom is -0.497 e. The average molecular weight is 312 g/mol. The quantitative estimate of drug-likeness (QED) is 0.777. The molecular weight excluding hydrogens is 284 g/mol. The highest BCUT2D eigenvalue weighted by Crippen LogP contribution is 2.43. The van der Waals surface area contributed by atoms with Crippen LogP contribution in [0, 0.1) is 17.8 Å². The van der Waals surface area contributed by atoms with E-state index in [1.165, 1.54) is 51.1 Å². The first-order valence-electron chi connectivity index (χ1n) is 9.06. The Kier molecular flexibility index (Phi) is 4.41. The van der Waals surface area contributed by atoms with E-state index in [2.05, 4.69) is 46.2 Å². The van der Waals surface area contributed by atoms with Gasteiger partial charge in [-0.25, -0.2) is 0 Å². The topological polar surface area (TPSA) is 15.7 Å². The second kappa shape index (κ2) is 6.66. The Hall–Kier alpha value is -1.32. The molecule has 3 aliphatic rings. The number of hydrogen-bond donors (Lipinski definition) is 0. The Morgan fingerprint density at radius 2 is 1.70 bits per heavy atom. The second-order valence-corrected chi connectivity index (χ2v) is 7.47. The first-order valence-corrected chi connectivity index (χ1v) is 9.06. The zero-order valence-electron chi connectivity index (χ0n) is 14.2. The van der Waals surface area contributed by atoms with Gasteiger partial charge in [0.25, 0.3) is 0 Å². The van der Waals surface area contributed by atoms with E-state index >= 15 is 0 Å². The van der Waals surface area contributed by atoms with E-state index in [4.69, 9.17) is 4.74 Å². The summed E-state index contributed by atoms with van der Waals surface area (Å²) in [6.45, 7) is 7.24. The van der Waals surface area contributed by atoms with Crippen molar-refractivity contribution < 1.29 is 4.74 Å². The zero-order chi connectivity index (χ0) is 15.6. The van der Waals surface area contributed by atoms with Crippen molar-refractivity contribution in [1.82, 2.24) is 9.80 Å². The number of nitrogens with zero attached hydrogens (tertiary/aromatic N) is 2. The van der Waals surface area contributed by atoms with Crippen LogP contribution in [0.1, 0.15) is 18.4 Å². The lowest BCUT2D eigenvalue weighted by Gasteiger charge is -2.37. The van der Waals surface area contributed by atoms with Gasteiger partial charge in [-0.05, 0) is 48.3 Å². The van der Waals surface area contributed by atoms with Crippen LogP contribution in [0.25, 0.3) is 0 Å². The van der Waals surface area contributed by atoms with Gasteiger partial charge >= 0.3 is 0 Å². The lowest BCUT2D eigenvalue weighted by Crippen LogP contribution is -2.47. The molecule has 1 aromatic rings. The minimum atomic E-state index is 0.886. The van der Waals surface area contributed by atoms with Crippen molar-refractivity contribution in [2.45, 2.75) is 19.4 Å². The fraction of sp³-hybridized carbons (Fsp3) is 0.600. The molecule has 124 valence electrons. The summed E-state index contributed by atoms with van der Waals surface area (Å²) in [4.78, 5) is 5.28. The van der Waals surface area contributed by atoms with Crippen molar-refractivity contribution >= 4 is 0 Å². The third-order valence-corrected chi connectivity index (χ3v) is 5.94. The highest BCUT2D eigenvalue weighted by Gasteiger charge is 2.36. The smallest absolute Gasteiger partial charge is 0.118 e. The van der Waals surface area contributed by atoms with E-state index in [1.54, 1.807) is 7.11 Å². The van der Waals surface area contributed by atoms with Crippen LogP contribution in [-0.4, -0.2) is 49.6 Å². The third kappa shape index (κ3) is 3.46. The van der Waals surface area contributed by atoms with E-state index in [1.807, 2.05) is 0 Å². The number of piperazine rings is 1. The molecule has 1 aromatic carbocycles. The maximum absolute atomic E-state index is 5.23. The number of ether oxygens (including phenoxy) is 1. The van der Waals surface area contributed by atoms with Crippen LogP contribution in [0.2, 0.25) is 0 Å². The summed E-state index contributed by atoms with van der Waals surface area (Å²) in [5.41, 5.74) is 1.39. The van der Waals surface area contributed by atoms with E-state index in [-0.39, 0.29) is 0 Å². The van der Waals surface area contributed by atoms with Crippen molar-refractivity contribution in [2.24, 2.45) is 17.8 Å². The second-order valence-electron chi connectivity index (χ2n) is 7.47. The summed E-state index contributed by atoms with van der Waals surface area (Å²) >= 11 is 0. The van der Waals surface area contributed by atoms with Gasteiger partial charge in [0.15, 0.2) is 0 Å². The summed E-state index contributed by atoms with van der Waals surface area (Å²) in [5.74, 6) is 3.66. The molecule has 0 N–H and O–H groups in total. The van der Waals surface area contributed by atoms with E-state index < -0.39 is 0 Å².